The number of hydrogen-bond donors (Lipinski definition) is 1. The lowest BCUT2D eigenvalue weighted by molar-refractivity contribution is -0.142. The highest BCUT2D eigenvalue weighted by molar-refractivity contribution is 5.70. The van der Waals surface area contributed by atoms with Crippen LogP contribution in [0, 0.1) is 11.8 Å². The number of carboxylic acid groups (broad SMARTS) is 1. The monoisotopic (exact) mass is 180 g/mol. The van der Waals surface area contributed by atoms with Gasteiger partial charge in [0.1, 0.15) is 0 Å². The van der Waals surface area contributed by atoms with Gasteiger partial charge >= 0.3 is 5.97 Å². The molecule has 72 valence electrons. The van der Waals surface area contributed by atoms with Crippen LogP contribution in [0.5, 0.6) is 0 Å². The lowest BCUT2D eigenvalue weighted by atomic mass is 9.74. The maximum Gasteiger partial charge on any atom is 0.306 e. The molecular formula is C11H16O2. The Hall–Kier alpha value is -0.790. The largest absolute Gasteiger partial charge is 0.481 e. The normalized spacial score (nSPS) is 33.4. The Bertz CT molecular complexity index is 242. The minimum absolute atomic E-state index is 0.105. The summed E-state index contributed by atoms with van der Waals surface area (Å²) in [6, 6.07) is 0. The maximum absolute atomic E-state index is 10.8. The van der Waals surface area contributed by atoms with Gasteiger partial charge in [0.2, 0.25) is 0 Å². The van der Waals surface area contributed by atoms with E-state index in [-0.39, 0.29) is 5.92 Å². The number of aliphatic carboxylic acids is 1. The Morgan fingerprint density at radius 2 is 2.31 bits per heavy atom. The van der Waals surface area contributed by atoms with Crippen LogP contribution in [0.4, 0.5) is 0 Å². The van der Waals surface area contributed by atoms with E-state index < -0.39 is 5.97 Å². The molecule has 1 fully saturated rings. The fourth-order valence-corrected chi connectivity index (χ4v) is 2.58. The Labute approximate surface area is 78.6 Å². The molecule has 2 heteroatoms. The lowest BCUT2D eigenvalue weighted by Gasteiger charge is -2.31. The Balaban J connectivity index is 2.07. The van der Waals surface area contributed by atoms with Crippen molar-refractivity contribution in [1.29, 1.82) is 0 Å². The van der Waals surface area contributed by atoms with Gasteiger partial charge in [0, 0.05) is 0 Å². The van der Waals surface area contributed by atoms with Crippen molar-refractivity contribution < 1.29 is 9.90 Å². The van der Waals surface area contributed by atoms with Gasteiger partial charge in [-0.15, -0.1) is 0 Å². The summed E-state index contributed by atoms with van der Waals surface area (Å²) in [6.45, 7) is 0. The van der Waals surface area contributed by atoms with Crippen LogP contribution in [-0.2, 0) is 4.79 Å². The van der Waals surface area contributed by atoms with Crippen LogP contribution in [0.3, 0.4) is 0 Å². The smallest absolute Gasteiger partial charge is 0.306 e. The molecule has 0 aromatic carbocycles. The summed E-state index contributed by atoms with van der Waals surface area (Å²) in [5.41, 5.74) is 1.55. The molecule has 0 amide bonds. The highest BCUT2D eigenvalue weighted by Crippen LogP contribution is 2.38. The van der Waals surface area contributed by atoms with Crippen molar-refractivity contribution in [1.82, 2.24) is 0 Å². The molecule has 0 radical (unpaired) electrons. The molecule has 2 rings (SSSR count). The third kappa shape index (κ3) is 1.77. The molecule has 0 aromatic heterocycles. The number of carbonyl (C=O) groups is 1. The average molecular weight is 180 g/mol. The van der Waals surface area contributed by atoms with Gasteiger partial charge < -0.3 is 5.11 Å². The van der Waals surface area contributed by atoms with E-state index >= 15 is 0 Å². The van der Waals surface area contributed by atoms with Crippen LogP contribution in [0.15, 0.2) is 11.6 Å². The SMILES string of the molecule is O=C(O)C1CC=C2CCCCC2C1. The van der Waals surface area contributed by atoms with E-state index in [4.69, 9.17) is 5.11 Å². The topological polar surface area (TPSA) is 37.3 Å². The van der Waals surface area contributed by atoms with Crippen molar-refractivity contribution in [2.75, 3.05) is 0 Å². The van der Waals surface area contributed by atoms with E-state index in [1.54, 1.807) is 5.57 Å². The standard InChI is InChI=1S/C11H16O2/c12-11(13)10-6-5-8-3-1-2-4-9(8)7-10/h5,9-10H,1-4,6-7H2,(H,12,13). The lowest BCUT2D eigenvalue weighted by Crippen LogP contribution is -2.24. The molecule has 2 unspecified atom stereocenters. The van der Waals surface area contributed by atoms with E-state index in [0.29, 0.717) is 5.92 Å². The molecule has 0 aromatic rings. The van der Waals surface area contributed by atoms with Crippen LogP contribution >= 0.6 is 0 Å². The molecule has 2 atom stereocenters. The maximum atomic E-state index is 10.8. The van der Waals surface area contributed by atoms with Gasteiger partial charge in [0.15, 0.2) is 0 Å². The zero-order valence-corrected chi connectivity index (χ0v) is 7.83. The second kappa shape index (κ2) is 3.52. The number of rotatable bonds is 1. The summed E-state index contributed by atoms with van der Waals surface area (Å²) in [6.07, 6.45) is 8.87. The van der Waals surface area contributed by atoms with E-state index in [2.05, 4.69) is 6.08 Å². The summed E-state index contributed by atoms with van der Waals surface area (Å²) < 4.78 is 0. The highest BCUT2D eigenvalue weighted by Gasteiger charge is 2.29. The van der Waals surface area contributed by atoms with Crippen molar-refractivity contribution in [2.45, 2.75) is 38.5 Å². The molecule has 0 spiro atoms. The van der Waals surface area contributed by atoms with Gasteiger partial charge in [-0.05, 0) is 38.0 Å². The summed E-state index contributed by atoms with van der Waals surface area (Å²) in [7, 11) is 0. The van der Waals surface area contributed by atoms with Gasteiger partial charge in [-0.3, -0.25) is 4.79 Å². The Morgan fingerprint density at radius 3 is 3.08 bits per heavy atom. The fourth-order valence-electron chi connectivity index (χ4n) is 2.58. The molecule has 2 aliphatic carbocycles. The quantitative estimate of drug-likeness (QED) is 0.630. The van der Waals surface area contributed by atoms with Crippen LogP contribution in [0.1, 0.15) is 38.5 Å². The highest BCUT2D eigenvalue weighted by atomic mass is 16.4. The van der Waals surface area contributed by atoms with Crippen LogP contribution in [-0.4, -0.2) is 11.1 Å². The molecule has 1 N–H and O–H groups in total. The summed E-state index contributed by atoms with van der Waals surface area (Å²) >= 11 is 0. The van der Waals surface area contributed by atoms with Gasteiger partial charge in [0.25, 0.3) is 0 Å². The third-order valence-electron chi connectivity index (χ3n) is 3.38. The molecule has 13 heavy (non-hydrogen) atoms. The average Bonchev–Trinajstić information content (AvgIpc) is 2.17. The minimum Gasteiger partial charge on any atom is -0.481 e. The zero-order valence-electron chi connectivity index (χ0n) is 7.83. The molecule has 2 aliphatic rings. The molecule has 2 nitrogen and oxygen atoms in total. The van der Waals surface area contributed by atoms with Crippen molar-refractivity contribution in [2.24, 2.45) is 11.8 Å². The molecule has 0 heterocycles. The number of carboxylic acids is 1. The third-order valence-corrected chi connectivity index (χ3v) is 3.38. The first-order valence-corrected chi connectivity index (χ1v) is 5.19. The van der Waals surface area contributed by atoms with Crippen LogP contribution < -0.4 is 0 Å². The summed E-state index contributed by atoms with van der Waals surface area (Å²) in [5, 5.41) is 8.90. The van der Waals surface area contributed by atoms with Crippen molar-refractivity contribution in [3.05, 3.63) is 11.6 Å². The van der Waals surface area contributed by atoms with E-state index in [9.17, 15) is 4.79 Å². The Kier molecular flexibility index (Phi) is 2.38. The van der Waals surface area contributed by atoms with Crippen molar-refractivity contribution >= 4 is 5.97 Å². The number of hydrogen-bond acceptors (Lipinski definition) is 1. The van der Waals surface area contributed by atoms with Crippen molar-refractivity contribution in [3.63, 3.8) is 0 Å². The molecular weight excluding hydrogens is 164 g/mol. The molecule has 1 saturated carbocycles. The van der Waals surface area contributed by atoms with Gasteiger partial charge in [0.05, 0.1) is 5.92 Å². The van der Waals surface area contributed by atoms with Crippen molar-refractivity contribution in [3.8, 4) is 0 Å². The van der Waals surface area contributed by atoms with E-state index in [1.165, 1.54) is 25.7 Å². The predicted molar refractivity (Wildman–Crippen MR) is 50.4 cm³/mol. The summed E-state index contributed by atoms with van der Waals surface area (Å²) in [5.74, 6) is -0.115. The predicted octanol–water partition coefficient (Wildman–Crippen LogP) is 2.60. The minimum atomic E-state index is -0.610. The molecule has 0 saturated heterocycles. The Morgan fingerprint density at radius 1 is 1.46 bits per heavy atom. The first-order valence-electron chi connectivity index (χ1n) is 5.19. The van der Waals surface area contributed by atoms with Crippen LogP contribution in [0.2, 0.25) is 0 Å². The first kappa shape index (κ1) is 8.79. The second-order valence-corrected chi connectivity index (χ2v) is 4.23. The molecule has 0 bridgehead atoms. The number of fused-ring (bicyclic) bond motifs is 1. The second-order valence-electron chi connectivity index (χ2n) is 4.23. The summed E-state index contributed by atoms with van der Waals surface area (Å²) in [4.78, 5) is 10.8. The first-order chi connectivity index (χ1) is 6.27. The van der Waals surface area contributed by atoms with E-state index in [0.717, 1.165) is 12.8 Å². The van der Waals surface area contributed by atoms with Gasteiger partial charge in [-0.2, -0.15) is 0 Å². The van der Waals surface area contributed by atoms with Gasteiger partial charge in [-0.1, -0.05) is 18.1 Å². The molecule has 0 aliphatic heterocycles. The number of allylic oxidation sites excluding steroid dienone is 2. The fraction of sp³-hybridized carbons (Fsp3) is 0.727. The van der Waals surface area contributed by atoms with E-state index in [1.807, 2.05) is 0 Å². The van der Waals surface area contributed by atoms with Crippen LogP contribution in [0.25, 0.3) is 0 Å². The zero-order chi connectivity index (χ0) is 9.26. The van der Waals surface area contributed by atoms with Gasteiger partial charge in [-0.25, -0.2) is 0 Å².